The molecule has 3 nitrogen and oxygen atoms in total. The van der Waals surface area contributed by atoms with Crippen LogP contribution in [0.2, 0.25) is 0 Å². The van der Waals surface area contributed by atoms with E-state index in [1.807, 2.05) is 6.92 Å². The maximum Gasteiger partial charge on any atom is 0.404 e. The number of alkyl halides is 3. The van der Waals surface area contributed by atoms with E-state index in [2.05, 4.69) is 0 Å². The quantitative estimate of drug-likeness (QED) is 0.730. The number of carbonyl (C=O) groups excluding carboxylic acids is 1. The summed E-state index contributed by atoms with van der Waals surface area (Å²) < 4.78 is 43.1. The fraction of sp³-hybridized carbons (Fsp3) is 0.923. The van der Waals surface area contributed by atoms with E-state index in [1.165, 1.54) is 0 Å². The molecule has 0 aromatic carbocycles. The van der Waals surface area contributed by atoms with Gasteiger partial charge in [0.15, 0.2) is 0 Å². The Balaban J connectivity index is 4.90. The van der Waals surface area contributed by atoms with Crippen LogP contribution in [0.3, 0.4) is 0 Å². The van der Waals surface area contributed by atoms with Crippen molar-refractivity contribution in [1.29, 1.82) is 0 Å². The zero-order valence-electron chi connectivity index (χ0n) is 12.0. The average Bonchev–Trinajstić information content (AvgIpc) is 2.33. The number of hydrogen-bond donors (Lipinski definition) is 1. The number of carbonyl (C=O) groups is 1. The molecule has 0 radical (unpaired) electrons. The summed E-state index contributed by atoms with van der Waals surface area (Å²) in [5.74, 6) is -2.19. The molecule has 0 spiro atoms. The lowest BCUT2D eigenvalue weighted by atomic mass is 9.88. The summed E-state index contributed by atoms with van der Waals surface area (Å²) in [7, 11) is 0. The zero-order chi connectivity index (χ0) is 15.2. The van der Waals surface area contributed by atoms with Crippen LogP contribution in [0.4, 0.5) is 13.2 Å². The predicted octanol–water partition coefficient (Wildman–Crippen LogP) is 3.27. The van der Waals surface area contributed by atoms with Crippen molar-refractivity contribution in [3.8, 4) is 0 Å². The van der Waals surface area contributed by atoms with Crippen molar-refractivity contribution >= 4 is 5.97 Å². The van der Waals surface area contributed by atoms with Crippen LogP contribution in [0, 0.1) is 11.8 Å². The molecule has 19 heavy (non-hydrogen) atoms. The minimum atomic E-state index is -4.59. The number of nitrogens with two attached hydrogens (primary N) is 1. The Morgan fingerprint density at radius 2 is 1.74 bits per heavy atom. The van der Waals surface area contributed by atoms with Gasteiger partial charge in [-0.3, -0.25) is 4.79 Å². The molecule has 114 valence electrons. The van der Waals surface area contributed by atoms with E-state index >= 15 is 0 Å². The molecule has 0 saturated heterocycles. The van der Waals surface area contributed by atoms with Crippen molar-refractivity contribution in [2.24, 2.45) is 17.6 Å². The lowest BCUT2D eigenvalue weighted by Crippen LogP contribution is -2.48. The molecule has 0 fully saturated rings. The van der Waals surface area contributed by atoms with Crippen LogP contribution in [0.15, 0.2) is 0 Å². The summed E-state index contributed by atoms with van der Waals surface area (Å²) in [6.45, 7) is 7.11. The monoisotopic (exact) mass is 283 g/mol. The maximum atomic E-state index is 12.7. The van der Waals surface area contributed by atoms with Gasteiger partial charge in [-0.25, -0.2) is 0 Å². The van der Waals surface area contributed by atoms with E-state index in [0.29, 0.717) is 12.8 Å². The summed E-state index contributed by atoms with van der Waals surface area (Å²) >= 11 is 0. The molecule has 4 atom stereocenters. The molecule has 0 aromatic rings. The van der Waals surface area contributed by atoms with Crippen molar-refractivity contribution in [2.45, 2.75) is 65.3 Å². The molecule has 0 amide bonds. The molecule has 0 rings (SSSR count). The zero-order valence-corrected chi connectivity index (χ0v) is 12.0. The molecule has 0 saturated carbocycles. The Hall–Kier alpha value is -0.780. The Kier molecular flexibility index (Phi) is 7.41. The molecule has 0 aromatic heterocycles. The second-order valence-electron chi connectivity index (χ2n) is 5.08. The molecule has 0 aliphatic rings. The molecule has 2 unspecified atom stereocenters. The first kappa shape index (κ1) is 18.2. The van der Waals surface area contributed by atoms with Crippen LogP contribution in [0.5, 0.6) is 0 Å². The fourth-order valence-electron chi connectivity index (χ4n) is 1.59. The van der Waals surface area contributed by atoms with E-state index in [0.717, 1.165) is 0 Å². The Bertz CT molecular complexity index is 282. The smallest absolute Gasteiger partial charge is 0.404 e. The fourth-order valence-corrected chi connectivity index (χ4v) is 1.59. The second kappa shape index (κ2) is 7.72. The lowest BCUT2D eigenvalue weighted by Gasteiger charge is -2.27. The van der Waals surface area contributed by atoms with E-state index in [4.69, 9.17) is 10.5 Å². The van der Waals surface area contributed by atoms with Crippen molar-refractivity contribution in [1.82, 2.24) is 0 Å². The summed E-state index contributed by atoms with van der Waals surface area (Å²) in [6.07, 6.45) is -3.65. The van der Waals surface area contributed by atoms with Crippen molar-refractivity contribution < 1.29 is 22.7 Å². The molecular weight excluding hydrogens is 259 g/mol. The van der Waals surface area contributed by atoms with Gasteiger partial charge < -0.3 is 10.5 Å². The highest BCUT2D eigenvalue weighted by atomic mass is 19.4. The van der Waals surface area contributed by atoms with Gasteiger partial charge in [0, 0.05) is 0 Å². The van der Waals surface area contributed by atoms with Crippen molar-refractivity contribution in [2.75, 3.05) is 0 Å². The standard InChI is InChI=1S/C13H24F3NO2/c1-5-8(3)7-10(11(17)13(14,15)16)12(18)19-9(4)6-2/h8-11H,5-7,17H2,1-4H3/t8?,9?,10-,11-/m0/s1. The van der Waals surface area contributed by atoms with Crippen LogP contribution in [-0.2, 0) is 9.53 Å². The van der Waals surface area contributed by atoms with Gasteiger partial charge in [-0.1, -0.05) is 27.2 Å². The summed E-state index contributed by atoms with van der Waals surface area (Å²) in [5.41, 5.74) is 5.19. The highest BCUT2D eigenvalue weighted by Crippen LogP contribution is 2.29. The van der Waals surface area contributed by atoms with Crippen LogP contribution in [0.1, 0.15) is 47.0 Å². The normalized spacial score (nSPS) is 18.5. The lowest BCUT2D eigenvalue weighted by molar-refractivity contribution is -0.180. The minimum Gasteiger partial charge on any atom is -0.462 e. The van der Waals surface area contributed by atoms with Crippen molar-refractivity contribution in [3.63, 3.8) is 0 Å². The highest BCUT2D eigenvalue weighted by molar-refractivity contribution is 5.73. The molecule has 0 aliphatic carbocycles. The topological polar surface area (TPSA) is 52.3 Å². The van der Waals surface area contributed by atoms with Crippen LogP contribution >= 0.6 is 0 Å². The van der Waals surface area contributed by atoms with Gasteiger partial charge in [-0.05, 0) is 25.7 Å². The largest absolute Gasteiger partial charge is 0.462 e. The number of hydrogen-bond acceptors (Lipinski definition) is 3. The number of ether oxygens (including phenoxy) is 1. The van der Waals surface area contributed by atoms with Crippen LogP contribution in [0.25, 0.3) is 0 Å². The number of rotatable bonds is 7. The van der Waals surface area contributed by atoms with Gasteiger partial charge in [0.05, 0.1) is 12.0 Å². The van der Waals surface area contributed by atoms with Gasteiger partial charge >= 0.3 is 12.1 Å². The molecule has 6 heteroatoms. The molecule has 2 N–H and O–H groups in total. The SMILES string of the molecule is CCC(C)C[C@H](C(=O)OC(C)CC)[C@H](N)C(F)(F)F. The summed E-state index contributed by atoms with van der Waals surface area (Å²) in [5, 5.41) is 0. The first-order valence-corrected chi connectivity index (χ1v) is 6.66. The molecular formula is C13H24F3NO2. The van der Waals surface area contributed by atoms with E-state index in [-0.39, 0.29) is 12.3 Å². The van der Waals surface area contributed by atoms with Gasteiger partial charge in [-0.15, -0.1) is 0 Å². The maximum absolute atomic E-state index is 12.7. The van der Waals surface area contributed by atoms with Gasteiger partial charge in [0.25, 0.3) is 0 Å². The van der Waals surface area contributed by atoms with E-state index in [1.54, 1.807) is 20.8 Å². The molecule has 0 heterocycles. The highest BCUT2D eigenvalue weighted by Gasteiger charge is 2.46. The average molecular weight is 283 g/mol. The van der Waals surface area contributed by atoms with Gasteiger partial charge in [0.2, 0.25) is 0 Å². The van der Waals surface area contributed by atoms with E-state index in [9.17, 15) is 18.0 Å². The van der Waals surface area contributed by atoms with Gasteiger partial charge in [0.1, 0.15) is 6.04 Å². The summed E-state index contributed by atoms with van der Waals surface area (Å²) in [6, 6.07) is -2.17. The van der Waals surface area contributed by atoms with Crippen LogP contribution < -0.4 is 5.73 Å². The predicted molar refractivity (Wildman–Crippen MR) is 67.4 cm³/mol. The first-order chi connectivity index (χ1) is 8.63. The summed E-state index contributed by atoms with van der Waals surface area (Å²) in [4.78, 5) is 11.8. The van der Waals surface area contributed by atoms with Crippen molar-refractivity contribution in [3.05, 3.63) is 0 Å². The molecule has 0 aliphatic heterocycles. The third-order valence-electron chi connectivity index (χ3n) is 3.36. The number of halogens is 3. The van der Waals surface area contributed by atoms with E-state index < -0.39 is 30.2 Å². The third kappa shape index (κ3) is 6.27. The van der Waals surface area contributed by atoms with Gasteiger partial charge in [-0.2, -0.15) is 13.2 Å². The second-order valence-corrected chi connectivity index (χ2v) is 5.08. The Morgan fingerprint density at radius 3 is 2.11 bits per heavy atom. The Morgan fingerprint density at radius 1 is 1.21 bits per heavy atom. The Labute approximate surface area is 112 Å². The molecule has 0 bridgehead atoms. The third-order valence-corrected chi connectivity index (χ3v) is 3.36. The number of esters is 1. The minimum absolute atomic E-state index is 0.0112. The first-order valence-electron chi connectivity index (χ1n) is 6.66. The van der Waals surface area contributed by atoms with Crippen LogP contribution in [-0.4, -0.2) is 24.3 Å².